The van der Waals surface area contributed by atoms with Crippen molar-refractivity contribution in [3.8, 4) is 6.07 Å². The van der Waals surface area contributed by atoms with Crippen LogP contribution in [0.4, 0.5) is 14.5 Å². The van der Waals surface area contributed by atoms with Crippen molar-refractivity contribution in [2.45, 2.75) is 51.5 Å². The van der Waals surface area contributed by atoms with Gasteiger partial charge in [0.15, 0.2) is 11.6 Å². The summed E-state index contributed by atoms with van der Waals surface area (Å²) in [4.78, 5) is 0. The topological polar surface area (TPSA) is 35.8 Å². The first-order chi connectivity index (χ1) is 9.65. The molecule has 1 aliphatic rings. The van der Waals surface area contributed by atoms with Gasteiger partial charge in [0, 0.05) is 6.04 Å². The molecular formula is C16H20F2N2. The van der Waals surface area contributed by atoms with Crippen molar-refractivity contribution in [2.24, 2.45) is 5.92 Å². The molecule has 0 spiro atoms. The third kappa shape index (κ3) is 3.27. The molecule has 0 saturated heterocycles. The third-order valence-corrected chi connectivity index (χ3v) is 4.11. The predicted octanol–water partition coefficient (Wildman–Crippen LogP) is 4.61. The number of hydrogen-bond donors (Lipinski definition) is 1. The van der Waals surface area contributed by atoms with E-state index in [2.05, 4.69) is 12.2 Å². The number of nitrogens with one attached hydrogen (secondary N) is 1. The highest BCUT2D eigenvalue weighted by Crippen LogP contribution is 2.30. The van der Waals surface area contributed by atoms with Crippen molar-refractivity contribution in [1.82, 2.24) is 0 Å². The van der Waals surface area contributed by atoms with Crippen LogP contribution < -0.4 is 5.32 Å². The minimum Gasteiger partial charge on any atom is -0.380 e. The van der Waals surface area contributed by atoms with Gasteiger partial charge in [0.25, 0.3) is 0 Å². The van der Waals surface area contributed by atoms with Crippen LogP contribution in [0.5, 0.6) is 0 Å². The molecule has 108 valence electrons. The fourth-order valence-corrected chi connectivity index (χ4v) is 2.97. The molecule has 2 rings (SSSR count). The van der Waals surface area contributed by atoms with Crippen LogP contribution in [0.1, 0.15) is 51.0 Å². The molecule has 4 heteroatoms. The van der Waals surface area contributed by atoms with Gasteiger partial charge in [-0.3, -0.25) is 0 Å². The van der Waals surface area contributed by atoms with Gasteiger partial charge in [-0.15, -0.1) is 0 Å². The molecule has 0 bridgehead atoms. The molecule has 0 radical (unpaired) electrons. The molecule has 1 saturated carbocycles. The number of nitrogens with zero attached hydrogens (tertiary/aromatic N) is 1. The number of anilines is 1. The Hall–Kier alpha value is -1.63. The molecule has 20 heavy (non-hydrogen) atoms. The Morgan fingerprint density at radius 3 is 2.50 bits per heavy atom. The second-order valence-corrected chi connectivity index (χ2v) is 5.55. The maximum Gasteiger partial charge on any atom is 0.183 e. The Morgan fingerprint density at radius 1 is 1.20 bits per heavy atom. The van der Waals surface area contributed by atoms with Gasteiger partial charge in [0.1, 0.15) is 6.07 Å². The van der Waals surface area contributed by atoms with Crippen molar-refractivity contribution in [3.05, 3.63) is 29.3 Å². The van der Waals surface area contributed by atoms with Crippen LogP contribution in [-0.2, 0) is 0 Å². The fraction of sp³-hybridized carbons (Fsp3) is 0.562. The van der Waals surface area contributed by atoms with E-state index in [1.165, 1.54) is 25.0 Å². The number of halogens is 2. The molecule has 0 amide bonds. The quantitative estimate of drug-likeness (QED) is 0.873. The van der Waals surface area contributed by atoms with Gasteiger partial charge in [0.2, 0.25) is 0 Å². The van der Waals surface area contributed by atoms with Crippen molar-refractivity contribution in [3.63, 3.8) is 0 Å². The first kappa shape index (κ1) is 14.8. The Kier molecular flexibility index (Phi) is 4.94. The molecular weight excluding hydrogens is 258 g/mol. The zero-order valence-electron chi connectivity index (χ0n) is 11.8. The van der Waals surface area contributed by atoms with E-state index < -0.39 is 11.6 Å². The third-order valence-electron chi connectivity index (χ3n) is 4.11. The second kappa shape index (κ2) is 6.69. The van der Waals surface area contributed by atoms with Gasteiger partial charge in [0.05, 0.1) is 11.3 Å². The minimum atomic E-state index is -1.06. The molecule has 0 unspecified atom stereocenters. The molecule has 0 heterocycles. The monoisotopic (exact) mass is 278 g/mol. The summed E-state index contributed by atoms with van der Waals surface area (Å²) in [5.74, 6) is -1.22. The summed E-state index contributed by atoms with van der Waals surface area (Å²) in [6.45, 7) is 2.19. The summed E-state index contributed by atoms with van der Waals surface area (Å²) in [6, 6.07) is 4.62. The molecule has 0 aromatic heterocycles. The summed E-state index contributed by atoms with van der Waals surface area (Å²) >= 11 is 0. The van der Waals surface area contributed by atoms with Gasteiger partial charge >= 0.3 is 0 Å². The van der Waals surface area contributed by atoms with Crippen molar-refractivity contribution >= 4 is 5.69 Å². The fourth-order valence-electron chi connectivity index (χ4n) is 2.97. The Bertz CT molecular complexity index is 500. The largest absolute Gasteiger partial charge is 0.380 e. The molecule has 1 N–H and O–H groups in total. The van der Waals surface area contributed by atoms with Crippen molar-refractivity contribution in [2.75, 3.05) is 5.32 Å². The summed E-state index contributed by atoms with van der Waals surface area (Å²) < 4.78 is 27.4. The van der Waals surface area contributed by atoms with Crippen LogP contribution in [0.25, 0.3) is 0 Å². The summed E-state index contributed by atoms with van der Waals surface area (Å²) in [5, 5.41) is 11.7. The first-order valence-corrected chi connectivity index (χ1v) is 7.30. The van der Waals surface area contributed by atoms with E-state index in [0.717, 1.165) is 31.6 Å². The van der Waals surface area contributed by atoms with E-state index in [4.69, 9.17) is 5.26 Å². The van der Waals surface area contributed by atoms with E-state index in [1.807, 2.05) is 0 Å². The normalized spacial score (nSPS) is 22.3. The standard InChI is InChI=1S/C16H20F2N2/c1-2-3-11-4-7-13(8-5-11)20-14-9-6-12(10-19)15(17)16(14)18/h6,9,11,13,20H,2-5,7-8H2,1H3. The molecule has 0 aliphatic heterocycles. The zero-order chi connectivity index (χ0) is 14.5. The second-order valence-electron chi connectivity index (χ2n) is 5.55. The maximum atomic E-state index is 13.8. The lowest BCUT2D eigenvalue weighted by Crippen LogP contribution is -2.26. The number of hydrogen-bond acceptors (Lipinski definition) is 2. The van der Waals surface area contributed by atoms with Crippen LogP contribution in [0.3, 0.4) is 0 Å². The highest BCUT2D eigenvalue weighted by atomic mass is 19.2. The lowest BCUT2D eigenvalue weighted by molar-refractivity contribution is 0.318. The van der Waals surface area contributed by atoms with Crippen LogP contribution in [0.2, 0.25) is 0 Å². The van der Waals surface area contributed by atoms with Gasteiger partial charge in [-0.25, -0.2) is 8.78 Å². The number of rotatable bonds is 4. The van der Waals surface area contributed by atoms with Crippen molar-refractivity contribution in [1.29, 1.82) is 5.26 Å². The molecule has 1 aromatic carbocycles. The average Bonchev–Trinajstić information content (AvgIpc) is 2.46. The van der Waals surface area contributed by atoms with E-state index in [1.54, 1.807) is 6.07 Å². The summed E-state index contributed by atoms with van der Waals surface area (Å²) in [5.41, 5.74) is -0.0832. The van der Waals surface area contributed by atoms with E-state index >= 15 is 0 Å². The number of benzene rings is 1. The van der Waals surface area contributed by atoms with Gasteiger partial charge < -0.3 is 5.32 Å². The van der Waals surface area contributed by atoms with Crippen LogP contribution in [-0.4, -0.2) is 6.04 Å². The highest BCUT2D eigenvalue weighted by Gasteiger charge is 2.22. The van der Waals surface area contributed by atoms with E-state index in [0.29, 0.717) is 0 Å². The van der Waals surface area contributed by atoms with E-state index in [9.17, 15) is 8.78 Å². The predicted molar refractivity (Wildman–Crippen MR) is 75.3 cm³/mol. The summed E-state index contributed by atoms with van der Waals surface area (Å²) in [6.07, 6.45) is 6.74. The smallest absolute Gasteiger partial charge is 0.183 e. The SMILES string of the molecule is CCCC1CCC(Nc2ccc(C#N)c(F)c2F)CC1. The lowest BCUT2D eigenvalue weighted by Gasteiger charge is -2.29. The highest BCUT2D eigenvalue weighted by molar-refractivity contribution is 5.50. The van der Waals surface area contributed by atoms with Crippen LogP contribution >= 0.6 is 0 Å². The first-order valence-electron chi connectivity index (χ1n) is 7.30. The summed E-state index contributed by atoms with van der Waals surface area (Å²) in [7, 11) is 0. The van der Waals surface area contributed by atoms with Crippen molar-refractivity contribution < 1.29 is 8.78 Å². The number of nitriles is 1. The molecule has 0 atom stereocenters. The Balaban J connectivity index is 1.98. The zero-order valence-corrected chi connectivity index (χ0v) is 11.8. The average molecular weight is 278 g/mol. The maximum absolute atomic E-state index is 13.8. The molecule has 1 aliphatic carbocycles. The molecule has 2 nitrogen and oxygen atoms in total. The van der Waals surface area contributed by atoms with Crippen LogP contribution in [0, 0.1) is 28.9 Å². The Morgan fingerprint density at radius 2 is 1.90 bits per heavy atom. The van der Waals surface area contributed by atoms with Gasteiger partial charge in [-0.05, 0) is 43.7 Å². The lowest BCUT2D eigenvalue weighted by atomic mass is 9.83. The van der Waals surface area contributed by atoms with Gasteiger partial charge in [-0.2, -0.15) is 5.26 Å². The van der Waals surface area contributed by atoms with Crippen LogP contribution in [0.15, 0.2) is 12.1 Å². The van der Waals surface area contributed by atoms with Gasteiger partial charge in [-0.1, -0.05) is 19.8 Å². The van der Waals surface area contributed by atoms with E-state index in [-0.39, 0.29) is 17.3 Å². The molecule has 1 fully saturated rings. The molecule has 1 aromatic rings. The Labute approximate surface area is 118 Å². The minimum absolute atomic E-state index is 0.167.